The van der Waals surface area contributed by atoms with E-state index in [-0.39, 0.29) is 5.75 Å². The molecule has 0 saturated carbocycles. The van der Waals surface area contributed by atoms with E-state index in [0.29, 0.717) is 11.5 Å². The molecule has 1 N–H and O–H groups in total. The molecule has 0 amide bonds. The van der Waals surface area contributed by atoms with Gasteiger partial charge in [0, 0.05) is 5.71 Å². The van der Waals surface area contributed by atoms with Crippen molar-refractivity contribution in [2.24, 2.45) is 4.99 Å². The van der Waals surface area contributed by atoms with Crippen LogP contribution < -0.4 is 9.47 Å². The minimum absolute atomic E-state index is 0.00904. The van der Waals surface area contributed by atoms with E-state index in [9.17, 15) is 5.11 Å². The monoisotopic (exact) mass is 287 g/mol. The van der Waals surface area contributed by atoms with Crippen LogP contribution in [0.5, 0.6) is 17.2 Å². The van der Waals surface area contributed by atoms with Crippen LogP contribution in [0.1, 0.15) is 32.8 Å². The van der Waals surface area contributed by atoms with Gasteiger partial charge in [-0.15, -0.1) is 0 Å². The fourth-order valence-electron chi connectivity index (χ4n) is 2.57. The van der Waals surface area contributed by atoms with E-state index in [0.717, 1.165) is 23.4 Å². The van der Waals surface area contributed by atoms with E-state index in [1.165, 1.54) is 25.4 Å². The second-order valence-electron chi connectivity index (χ2n) is 4.96. The van der Waals surface area contributed by atoms with Crippen molar-refractivity contribution in [2.75, 3.05) is 14.2 Å². The Kier molecular flexibility index (Phi) is 4.36. The van der Waals surface area contributed by atoms with Gasteiger partial charge in [0.05, 0.1) is 19.9 Å². The molecule has 112 valence electrons. The average molecular weight is 287 g/mol. The smallest absolute Gasteiger partial charge is 0.200 e. The quantitative estimate of drug-likeness (QED) is 0.912. The number of rotatable bonds is 4. The predicted octanol–water partition coefficient (Wildman–Crippen LogP) is 3.95. The van der Waals surface area contributed by atoms with Crippen LogP contribution in [-0.2, 0) is 0 Å². The van der Waals surface area contributed by atoms with Gasteiger partial charge >= 0.3 is 0 Å². The highest BCUT2D eigenvalue weighted by atomic mass is 16.5. The first-order chi connectivity index (χ1) is 10.0. The summed E-state index contributed by atoms with van der Waals surface area (Å²) in [5, 5.41) is 9.94. The number of aromatic hydroxyl groups is 1. The van der Waals surface area contributed by atoms with Gasteiger partial charge in [0.2, 0.25) is 5.75 Å². The molecule has 0 saturated heterocycles. The van der Waals surface area contributed by atoms with Gasteiger partial charge in [-0.05, 0) is 55.2 Å². The van der Waals surface area contributed by atoms with Crippen molar-refractivity contribution in [2.45, 2.75) is 27.2 Å². The molecule has 0 bridgehead atoms. The van der Waals surface area contributed by atoms with Gasteiger partial charge in [0.25, 0.3) is 0 Å². The van der Waals surface area contributed by atoms with Crippen LogP contribution in [0.2, 0.25) is 0 Å². The third-order valence-corrected chi connectivity index (χ3v) is 3.72. The Labute approximate surface area is 125 Å². The molecule has 1 aromatic rings. The van der Waals surface area contributed by atoms with Crippen LogP contribution in [0, 0.1) is 0 Å². The maximum absolute atomic E-state index is 9.94. The lowest BCUT2D eigenvalue weighted by atomic mass is 10.0. The first-order valence-corrected chi connectivity index (χ1v) is 6.94. The fourth-order valence-corrected chi connectivity index (χ4v) is 2.57. The standard InChI is InChI=1S/C17H21NO3/c1-6-13-10(2)14(18-11(13)3)7-12-8-15(20-4)17(19)16(9-12)21-5/h7-9,19H,6H2,1-5H3. The number of methoxy groups -OCH3 is 2. The van der Waals surface area contributed by atoms with Crippen LogP contribution >= 0.6 is 0 Å². The Bertz CT molecular complexity index is 629. The number of allylic oxidation sites excluding steroid dienone is 2. The number of nitrogens with zero attached hydrogens (tertiary/aromatic N) is 1. The predicted molar refractivity (Wildman–Crippen MR) is 85.3 cm³/mol. The maximum Gasteiger partial charge on any atom is 0.200 e. The average Bonchev–Trinajstić information content (AvgIpc) is 2.74. The summed E-state index contributed by atoms with van der Waals surface area (Å²) in [7, 11) is 3.03. The summed E-state index contributed by atoms with van der Waals surface area (Å²) in [4.78, 5) is 4.61. The fraction of sp³-hybridized carbons (Fsp3) is 0.353. The van der Waals surface area contributed by atoms with E-state index >= 15 is 0 Å². The van der Waals surface area contributed by atoms with Crippen molar-refractivity contribution in [3.63, 3.8) is 0 Å². The van der Waals surface area contributed by atoms with E-state index < -0.39 is 0 Å². The lowest BCUT2D eigenvalue weighted by Crippen LogP contribution is -1.91. The van der Waals surface area contributed by atoms with Gasteiger partial charge in [-0.2, -0.15) is 0 Å². The molecule has 0 aliphatic carbocycles. The van der Waals surface area contributed by atoms with Crippen molar-refractivity contribution in [1.82, 2.24) is 0 Å². The molecular formula is C17H21NO3. The third kappa shape index (κ3) is 2.79. The molecule has 0 spiro atoms. The summed E-state index contributed by atoms with van der Waals surface area (Å²) in [6.07, 6.45) is 2.95. The number of phenolic OH excluding ortho intramolecular Hbond substituents is 1. The molecule has 0 aromatic heterocycles. The van der Waals surface area contributed by atoms with Crippen LogP contribution in [0.25, 0.3) is 6.08 Å². The highest BCUT2D eigenvalue weighted by molar-refractivity contribution is 6.03. The van der Waals surface area contributed by atoms with E-state index in [1.807, 2.05) is 13.0 Å². The van der Waals surface area contributed by atoms with Gasteiger partial charge in [-0.25, -0.2) is 0 Å². The molecule has 0 fully saturated rings. The zero-order chi connectivity index (χ0) is 15.6. The zero-order valence-corrected chi connectivity index (χ0v) is 13.2. The molecule has 4 heteroatoms. The first-order valence-electron chi connectivity index (χ1n) is 6.94. The second kappa shape index (κ2) is 6.04. The molecular weight excluding hydrogens is 266 g/mol. The second-order valence-corrected chi connectivity index (χ2v) is 4.96. The van der Waals surface area contributed by atoms with Crippen molar-refractivity contribution >= 4 is 11.8 Å². The van der Waals surface area contributed by atoms with Gasteiger partial charge in [-0.1, -0.05) is 6.92 Å². The van der Waals surface area contributed by atoms with Crippen LogP contribution in [0.4, 0.5) is 0 Å². The molecule has 21 heavy (non-hydrogen) atoms. The number of hydrogen-bond donors (Lipinski definition) is 1. The summed E-state index contributed by atoms with van der Waals surface area (Å²) in [6, 6.07) is 3.54. The lowest BCUT2D eigenvalue weighted by molar-refractivity contribution is 0.340. The summed E-state index contributed by atoms with van der Waals surface area (Å²) in [5.74, 6) is 0.782. The SMILES string of the molecule is CCC1=C(C)C(=Cc2cc(OC)c(O)c(OC)c2)N=C1C. The van der Waals surface area contributed by atoms with Crippen molar-refractivity contribution < 1.29 is 14.6 Å². The van der Waals surface area contributed by atoms with Crippen LogP contribution in [0.3, 0.4) is 0 Å². The molecule has 2 rings (SSSR count). The van der Waals surface area contributed by atoms with Gasteiger partial charge in [0.1, 0.15) is 0 Å². The molecule has 1 aromatic carbocycles. The largest absolute Gasteiger partial charge is 0.502 e. The number of aliphatic imine (C=N–C) groups is 1. The summed E-state index contributed by atoms with van der Waals surface area (Å²) < 4.78 is 10.4. The molecule has 4 nitrogen and oxygen atoms in total. The van der Waals surface area contributed by atoms with Gasteiger partial charge < -0.3 is 14.6 Å². The molecule has 0 atom stereocenters. The topological polar surface area (TPSA) is 51.0 Å². The van der Waals surface area contributed by atoms with E-state index in [2.05, 4.69) is 18.8 Å². The van der Waals surface area contributed by atoms with Crippen LogP contribution in [0.15, 0.2) is 34.0 Å². The lowest BCUT2D eigenvalue weighted by Gasteiger charge is -2.10. The van der Waals surface area contributed by atoms with Gasteiger partial charge in [-0.3, -0.25) is 4.99 Å². The Balaban J connectivity index is 2.50. The zero-order valence-electron chi connectivity index (χ0n) is 13.2. The van der Waals surface area contributed by atoms with E-state index in [1.54, 1.807) is 12.1 Å². The van der Waals surface area contributed by atoms with Crippen molar-refractivity contribution in [3.05, 3.63) is 34.5 Å². The summed E-state index contributed by atoms with van der Waals surface area (Å²) in [6.45, 7) is 6.24. The Morgan fingerprint density at radius 3 is 2.14 bits per heavy atom. The molecule has 1 aliphatic rings. The number of ether oxygens (including phenoxy) is 2. The van der Waals surface area contributed by atoms with Crippen molar-refractivity contribution in [3.8, 4) is 17.2 Å². The third-order valence-electron chi connectivity index (χ3n) is 3.72. The minimum atomic E-state index is 0.00904. The Morgan fingerprint density at radius 1 is 1.14 bits per heavy atom. The molecule has 0 unspecified atom stereocenters. The van der Waals surface area contributed by atoms with Crippen molar-refractivity contribution in [1.29, 1.82) is 0 Å². The number of benzene rings is 1. The Morgan fingerprint density at radius 2 is 1.71 bits per heavy atom. The summed E-state index contributed by atoms with van der Waals surface area (Å²) >= 11 is 0. The minimum Gasteiger partial charge on any atom is -0.502 e. The van der Waals surface area contributed by atoms with E-state index in [4.69, 9.17) is 9.47 Å². The highest BCUT2D eigenvalue weighted by Gasteiger charge is 2.17. The molecule has 1 heterocycles. The number of phenols is 1. The number of hydrogen-bond acceptors (Lipinski definition) is 4. The van der Waals surface area contributed by atoms with Crippen LogP contribution in [-0.4, -0.2) is 25.0 Å². The highest BCUT2D eigenvalue weighted by Crippen LogP contribution is 2.38. The maximum atomic E-state index is 9.94. The first kappa shape index (κ1) is 15.2. The Hall–Kier alpha value is -2.23. The molecule has 1 aliphatic heterocycles. The summed E-state index contributed by atoms with van der Waals surface area (Å²) in [5.41, 5.74) is 5.38. The van der Waals surface area contributed by atoms with Gasteiger partial charge in [0.15, 0.2) is 11.5 Å². The molecule has 0 radical (unpaired) electrons. The normalized spacial score (nSPS) is 16.4.